The Morgan fingerprint density at radius 3 is 2.23 bits per heavy atom. The minimum absolute atomic E-state index is 0.0102. The van der Waals surface area contributed by atoms with Crippen LogP contribution >= 0.6 is 11.6 Å². The Hall–Kier alpha value is -1.30. The number of nitrogens with one attached hydrogen (secondary N) is 1. The first-order valence-electron chi connectivity index (χ1n) is 12.0. The zero-order valence-corrected chi connectivity index (χ0v) is 21.4. The Labute approximate surface area is 194 Å². The summed E-state index contributed by atoms with van der Waals surface area (Å²) in [5.41, 5.74) is -0.736. The molecule has 1 rings (SSSR count). The van der Waals surface area contributed by atoms with Gasteiger partial charge in [0.25, 0.3) is 0 Å². The average molecular weight is 458 g/mol. The first-order chi connectivity index (χ1) is 14.5. The third-order valence-corrected chi connectivity index (χ3v) is 7.35. The Bertz CT molecular complexity index is 611. The summed E-state index contributed by atoms with van der Waals surface area (Å²) in [6.07, 6.45) is 4.71. The van der Waals surface area contributed by atoms with Crippen LogP contribution in [0.3, 0.4) is 0 Å². The van der Waals surface area contributed by atoms with Gasteiger partial charge in [0.2, 0.25) is 17.7 Å². The fourth-order valence-corrected chi connectivity index (χ4v) is 4.07. The summed E-state index contributed by atoms with van der Waals surface area (Å²) >= 11 is 5.95. The molecule has 0 saturated carbocycles. The summed E-state index contributed by atoms with van der Waals surface area (Å²) in [5, 5.41) is 2.96. The van der Waals surface area contributed by atoms with Gasteiger partial charge in [-0.15, -0.1) is 11.6 Å². The molecular weight excluding hydrogens is 414 g/mol. The molecule has 4 atom stereocenters. The molecule has 31 heavy (non-hydrogen) atoms. The summed E-state index contributed by atoms with van der Waals surface area (Å²) in [5.74, 6) is 0.209. The van der Waals surface area contributed by atoms with Crippen molar-refractivity contribution in [2.75, 3.05) is 25.5 Å². The number of hydrogen-bond donors (Lipinski definition) is 1. The van der Waals surface area contributed by atoms with E-state index in [4.69, 9.17) is 11.6 Å². The molecule has 0 aromatic rings. The van der Waals surface area contributed by atoms with Gasteiger partial charge >= 0.3 is 0 Å². The van der Waals surface area contributed by atoms with Crippen LogP contribution in [0.1, 0.15) is 80.6 Å². The van der Waals surface area contributed by atoms with Crippen molar-refractivity contribution >= 4 is 29.3 Å². The number of carbonyl (C=O) groups excluding carboxylic acids is 3. The number of rotatable bonds is 11. The van der Waals surface area contributed by atoms with Crippen LogP contribution in [0.5, 0.6) is 0 Å². The SMILES string of the molecule is CCCCC(CC)C(=O)N1CCN(C(=O)C(NC(=O)C(C)(C)CCl)C(C)CC)CC1C. The van der Waals surface area contributed by atoms with Gasteiger partial charge in [-0.05, 0) is 39.5 Å². The molecule has 6 nitrogen and oxygen atoms in total. The van der Waals surface area contributed by atoms with Gasteiger partial charge < -0.3 is 15.1 Å². The second-order valence-electron chi connectivity index (χ2n) is 9.77. The van der Waals surface area contributed by atoms with Gasteiger partial charge in [0.15, 0.2) is 0 Å². The predicted octanol–water partition coefficient (Wildman–Crippen LogP) is 4.06. The van der Waals surface area contributed by atoms with Gasteiger partial charge in [0, 0.05) is 37.5 Å². The lowest BCUT2D eigenvalue weighted by Crippen LogP contribution is -2.61. The maximum absolute atomic E-state index is 13.4. The molecule has 0 aliphatic carbocycles. The first kappa shape index (κ1) is 27.7. The van der Waals surface area contributed by atoms with Gasteiger partial charge in [-0.25, -0.2) is 0 Å². The van der Waals surface area contributed by atoms with Gasteiger partial charge in [0.05, 0.1) is 5.41 Å². The van der Waals surface area contributed by atoms with Crippen molar-refractivity contribution in [3.63, 3.8) is 0 Å². The number of alkyl halides is 1. The van der Waals surface area contributed by atoms with Gasteiger partial charge in [-0.2, -0.15) is 0 Å². The minimum Gasteiger partial charge on any atom is -0.344 e. The summed E-state index contributed by atoms with van der Waals surface area (Å²) in [7, 11) is 0. The van der Waals surface area contributed by atoms with E-state index in [9.17, 15) is 14.4 Å². The first-order valence-corrected chi connectivity index (χ1v) is 12.5. The maximum Gasteiger partial charge on any atom is 0.245 e. The molecule has 7 heteroatoms. The molecule has 4 unspecified atom stereocenters. The number of unbranched alkanes of at least 4 members (excludes halogenated alkanes) is 1. The van der Waals surface area contributed by atoms with Crippen molar-refractivity contribution in [1.82, 2.24) is 15.1 Å². The number of nitrogens with zero attached hydrogens (tertiary/aromatic N) is 2. The highest BCUT2D eigenvalue weighted by molar-refractivity contribution is 6.19. The quantitative estimate of drug-likeness (QED) is 0.475. The molecule has 1 saturated heterocycles. The van der Waals surface area contributed by atoms with Crippen LogP contribution in [0, 0.1) is 17.3 Å². The molecule has 0 spiro atoms. The second kappa shape index (κ2) is 12.7. The number of halogens is 1. The van der Waals surface area contributed by atoms with Gasteiger partial charge in [-0.3, -0.25) is 14.4 Å². The molecular formula is C24H44ClN3O3. The molecule has 1 fully saturated rings. The highest BCUT2D eigenvalue weighted by Crippen LogP contribution is 2.23. The van der Waals surface area contributed by atoms with E-state index in [-0.39, 0.29) is 41.5 Å². The number of amides is 3. The van der Waals surface area contributed by atoms with Crippen LogP contribution in [0.15, 0.2) is 0 Å². The molecule has 1 N–H and O–H groups in total. The van der Waals surface area contributed by atoms with Gasteiger partial charge in [-0.1, -0.05) is 47.0 Å². The Kier molecular flexibility index (Phi) is 11.3. The molecule has 0 aromatic carbocycles. The zero-order chi connectivity index (χ0) is 23.8. The Morgan fingerprint density at radius 2 is 1.74 bits per heavy atom. The van der Waals surface area contributed by atoms with Crippen molar-refractivity contribution < 1.29 is 14.4 Å². The summed E-state index contributed by atoms with van der Waals surface area (Å²) in [6, 6.07) is -0.615. The van der Waals surface area contributed by atoms with E-state index in [1.165, 1.54) is 0 Å². The predicted molar refractivity (Wildman–Crippen MR) is 127 cm³/mol. The number of carbonyl (C=O) groups is 3. The van der Waals surface area contributed by atoms with Crippen LogP contribution in [0.4, 0.5) is 0 Å². The fourth-order valence-electron chi connectivity index (χ4n) is 3.95. The largest absolute Gasteiger partial charge is 0.344 e. The van der Waals surface area contributed by atoms with Crippen molar-refractivity contribution in [3.05, 3.63) is 0 Å². The van der Waals surface area contributed by atoms with Crippen LogP contribution in [0.2, 0.25) is 0 Å². The molecule has 1 aliphatic rings. The third kappa shape index (κ3) is 7.37. The number of hydrogen-bond acceptors (Lipinski definition) is 3. The van der Waals surface area contributed by atoms with E-state index >= 15 is 0 Å². The summed E-state index contributed by atoms with van der Waals surface area (Å²) < 4.78 is 0. The highest BCUT2D eigenvalue weighted by atomic mass is 35.5. The van der Waals surface area contributed by atoms with Crippen molar-refractivity contribution in [2.24, 2.45) is 17.3 Å². The lowest BCUT2D eigenvalue weighted by Gasteiger charge is -2.43. The van der Waals surface area contributed by atoms with Crippen LogP contribution in [0.25, 0.3) is 0 Å². The Balaban J connectivity index is 2.87. The molecule has 180 valence electrons. The van der Waals surface area contributed by atoms with Crippen LogP contribution in [-0.2, 0) is 14.4 Å². The third-order valence-electron chi connectivity index (χ3n) is 6.68. The monoisotopic (exact) mass is 457 g/mol. The lowest BCUT2D eigenvalue weighted by atomic mass is 9.91. The van der Waals surface area contributed by atoms with Gasteiger partial charge in [0.1, 0.15) is 6.04 Å². The average Bonchev–Trinajstić information content (AvgIpc) is 2.76. The lowest BCUT2D eigenvalue weighted by molar-refractivity contribution is -0.148. The fraction of sp³-hybridized carbons (Fsp3) is 0.875. The maximum atomic E-state index is 13.4. The molecule has 0 aromatic heterocycles. The second-order valence-corrected chi connectivity index (χ2v) is 10.0. The van der Waals surface area contributed by atoms with E-state index in [1.807, 2.05) is 30.6 Å². The molecule has 1 heterocycles. The van der Waals surface area contributed by atoms with E-state index in [1.54, 1.807) is 13.8 Å². The minimum atomic E-state index is -0.736. The van der Waals surface area contributed by atoms with Crippen molar-refractivity contribution in [3.8, 4) is 0 Å². The topological polar surface area (TPSA) is 69.7 Å². The van der Waals surface area contributed by atoms with Crippen molar-refractivity contribution in [2.45, 2.75) is 92.7 Å². The molecule has 0 radical (unpaired) electrons. The summed E-state index contributed by atoms with van der Waals surface area (Å²) in [6.45, 7) is 15.3. The zero-order valence-electron chi connectivity index (χ0n) is 20.7. The van der Waals surface area contributed by atoms with E-state index in [0.29, 0.717) is 19.6 Å². The number of piperazine rings is 1. The van der Waals surface area contributed by atoms with Crippen LogP contribution < -0.4 is 5.32 Å². The standard InChI is InChI=1S/C24H44ClN3O3/c1-8-11-12-19(10-3)21(29)28-14-13-27(15-18(28)5)22(30)20(17(4)9-2)26-23(31)24(6,7)16-25/h17-20H,8-16H2,1-7H3,(H,26,31). The smallest absolute Gasteiger partial charge is 0.245 e. The van der Waals surface area contributed by atoms with E-state index in [2.05, 4.69) is 19.2 Å². The van der Waals surface area contributed by atoms with Crippen molar-refractivity contribution in [1.29, 1.82) is 0 Å². The summed E-state index contributed by atoms with van der Waals surface area (Å²) in [4.78, 5) is 42.9. The van der Waals surface area contributed by atoms with E-state index in [0.717, 1.165) is 32.1 Å². The Morgan fingerprint density at radius 1 is 1.10 bits per heavy atom. The molecule has 3 amide bonds. The normalized spacial score (nSPS) is 20.2. The molecule has 1 aliphatic heterocycles. The van der Waals surface area contributed by atoms with Crippen LogP contribution in [-0.4, -0.2) is 65.1 Å². The van der Waals surface area contributed by atoms with E-state index < -0.39 is 11.5 Å². The highest BCUT2D eigenvalue weighted by Gasteiger charge is 2.38. The molecule has 0 bridgehead atoms.